The van der Waals surface area contributed by atoms with Crippen molar-refractivity contribution in [2.45, 2.75) is 32.1 Å². The van der Waals surface area contributed by atoms with Crippen LogP contribution in [-0.2, 0) is 16.4 Å². The summed E-state index contributed by atoms with van der Waals surface area (Å²) in [7, 11) is -3.74. The predicted octanol–water partition coefficient (Wildman–Crippen LogP) is 3.33. The van der Waals surface area contributed by atoms with Gasteiger partial charge in [0.05, 0.1) is 10.6 Å². The SMILES string of the molecule is Cc1ccc(-c2ccc(=O)n(-c3c(C)noc3C)n2)cc1S(=O)(=O)NCCc1ccccc1. The van der Waals surface area contributed by atoms with Gasteiger partial charge < -0.3 is 4.52 Å². The predicted molar refractivity (Wildman–Crippen MR) is 125 cm³/mol. The van der Waals surface area contributed by atoms with Crippen LogP contribution < -0.4 is 10.3 Å². The van der Waals surface area contributed by atoms with E-state index in [1.165, 1.54) is 10.7 Å². The third-order valence-electron chi connectivity index (χ3n) is 5.33. The second-order valence-corrected chi connectivity index (χ2v) is 9.49. The molecule has 4 aromatic rings. The van der Waals surface area contributed by atoms with Gasteiger partial charge >= 0.3 is 0 Å². The normalized spacial score (nSPS) is 11.6. The van der Waals surface area contributed by atoms with Crippen molar-refractivity contribution in [1.29, 1.82) is 0 Å². The molecule has 0 fully saturated rings. The fraction of sp³-hybridized carbons (Fsp3) is 0.208. The first-order valence-corrected chi connectivity index (χ1v) is 11.9. The molecular formula is C24H24N4O4S. The first kappa shape index (κ1) is 22.6. The van der Waals surface area contributed by atoms with Crippen LogP contribution >= 0.6 is 0 Å². The molecule has 0 aliphatic carbocycles. The van der Waals surface area contributed by atoms with E-state index in [-0.39, 0.29) is 17.0 Å². The Morgan fingerprint density at radius 1 is 1.00 bits per heavy atom. The van der Waals surface area contributed by atoms with Crippen molar-refractivity contribution in [3.05, 3.63) is 93.6 Å². The van der Waals surface area contributed by atoms with E-state index in [1.807, 2.05) is 30.3 Å². The molecule has 0 radical (unpaired) electrons. The number of nitrogens with one attached hydrogen (secondary N) is 1. The fourth-order valence-electron chi connectivity index (χ4n) is 3.61. The van der Waals surface area contributed by atoms with E-state index >= 15 is 0 Å². The maximum atomic E-state index is 13.0. The van der Waals surface area contributed by atoms with E-state index in [0.717, 1.165) is 5.56 Å². The average molecular weight is 465 g/mol. The van der Waals surface area contributed by atoms with E-state index in [1.54, 1.807) is 45.0 Å². The Balaban J connectivity index is 1.65. The molecule has 0 aliphatic rings. The molecule has 4 rings (SSSR count). The Morgan fingerprint density at radius 2 is 1.76 bits per heavy atom. The number of nitrogens with zero attached hydrogens (tertiary/aromatic N) is 3. The van der Waals surface area contributed by atoms with E-state index in [2.05, 4.69) is 15.0 Å². The van der Waals surface area contributed by atoms with Crippen molar-refractivity contribution in [2.24, 2.45) is 0 Å². The fourth-order valence-corrected chi connectivity index (χ4v) is 4.91. The van der Waals surface area contributed by atoms with Gasteiger partial charge in [-0.05, 0) is 50.5 Å². The minimum atomic E-state index is -3.74. The van der Waals surface area contributed by atoms with Crippen molar-refractivity contribution < 1.29 is 12.9 Å². The highest BCUT2D eigenvalue weighted by Crippen LogP contribution is 2.24. The zero-order valence-corrected chi connectivity index (χ0v) is 19.4. The summed E-state index contributed by atoms with van der Waals surface area (Å²) in [6.45, 7) is 5.46. The highest BCUT2D eigenvalue weighted by atomic mass is 32.2. The third-order valence-corrected chi connectivity index (χ3v) is 6.93. The molecule has 0 spiro atoms. The van der Waals surface area contributed by atoms with Gasteiger partial charge in [-0.3, -0.25) is 4.79 Å². The van der Waals surface area contributed by atoms with Crippen LogP contribution in [0.1, 0.15) is 22.6 Å². The number of hydrogen-bond acceptors (Lipinski definition) is 6. The van der Waals surface area contributed by atoms with Gasteiger partial charge in [0.2, 0.25) is 10.0 Å². The Bertz CT molecular complexity index is 1440. The number of aryl methyl sites for hydroxylation is 3. The summed E-state index contributed by atoms with van der Waals surface area (Å²) in [5.74, 6) is 0.467. The molecule has 2 heterocycles. The van der Waals surface area contributed by atoms with E-state index in [0.29, 0.717) is 40.4 Å². The number of rotatable bonds is 7. The Kier molecular flexibility index (Phi) is 6.26. The molecule has 2 aromatic carbocycles. The van der Waals surface area contributed by atoms with Crippen LogP contribution in [0.3, 0.4) is 0 Å². The van der Waals surface area contributed by atoms with E-state index < -0.39 is 10.0 Å². The summed E-state index contributed by atoms with van der Waals surface area (Å²) in [6.07, 6.45) is 0.586. The Morgan fingerprint density at radius 3 is 2.45 bits per heavy atom. The number of sulfonamides is 1. The molecule has 1 N–H and O–H groups in total. The van der Waals surface area contributed by atoms with Crippen LogP contribution in [0.15, 0.2) is 74.9 Å². The van der Waals surface area contributed by atoms with Gasteiger partial charge in [-0.1, -0.05) is 47.6 Å². The van der Waals surface area contributed by atoms with Crippen molar-refractivity contribution >= 4 is 10.0 Å². The molecule has 0 atom stereocenters. The molecule has 9 heteroatoms. The molecular weight excluding hydrogens is 440 g/mol. The highest BCUT2D eigenvalue weighted by molar-refractivity contribution is 7.89. The first-order valence-electron chi connectivity index (χ1n) is 10.4. The van der Waals surface area contributed by atoms with Crippen LogP contribution in [-0.4, -0.2) is 29.9 Å². The van der Waals surface area contributed by atoms with Gasteiger partial charge in [0.15, 0.2) is 5.76 Å². The standard InChI is InChI=1S/C24H24N4O4S/c1-16-9-10-20(15-22(16)33(30,31)25-14-13-19-7-5-4-6-8-19)21-11-12-23(29)28(26-21)24-17(2)27-32-18(24)3/h4-12,15,25H,13-14H2,1-3H3. The molecule has 2 aromatic heterocycles. The quantitative estimate of drug-likeness (QED) is 0.450. The van der Waals surface area contributed by atoms with Crippen molar-refractivity contribution in [1.82, 2.24) is 19.7 Å². The minimum absolute atomic E-state index is 0.171. The van der Waals surface area contributed by atoms with Crippen LogP contribution in [0.25, 0.3) is 16.9 Å². The van der Waals surface area contributed by atoms with E-state index in [9.17, 15) is 13.2 Å². The molecule has 0 bridgehead atoms. The van der Waals surface area contributed by atoms with Gasteiger partial charge in [-0.25, -0.2) is 13.1 Å². The number of aromatic nitrogens is 3. The van der Waals surface area contributed by atoms with Gasteiger partial charge in [-0.2, -0.15) is 9.78 Å². The van der Waals surface area contributed by atoms with Gasteiger partial charge in [0.1, 0.15) is 11.4 Å². The zero-order chi connectivity index (χ0) is 23.6. The lowest BCUT2D eigenvalue weighted by Gasteiger charge is -2.12. The summed E-state index contributed by atoms with van der Waals surface area (Å²) < 4.78 is 35.1. The zero-order valence-electron chi connectivity index (χ0n) is 18.6. The lowest BCUT2D eigenvalue weighted by atomic mass is 10.1. The molecule has 8 nitrogen and oxygen atoms in total. The van der Waals surface area contributed by atoms with Crippen LogP contribution in [0, 0.1) is 20.8 Å². The van der Waals surface area contributed by atoms with Crippen molar-refractivity contribution in [2.75, 3.05) is 6.54 Å². The van der Waals surface area contributed by atoms with Gasteiger partial charge in [0.25, 0.3) is 5.56 Å². The molecule has 0 saturated carbocycles. The second kappa shape index (κ2) is 9.13. The van der Waals surface area contributed by atoms with Crippen molar-refractivity contribution in [3.8, 4) is 16.9 Å². The minimum Gasteiger partial charge on any atom is -0.359 e. The smallest absolute Gasteiger partial charge is 0.271 e. The maximum Gasteiger partial charge on any atom is 0.271 e. The molecule has 33 heavy (non-hydrogen) atoms. The highest BCUT2D eigenvalue weighted by Gasteiger charge is 2.19. The average Bonchev–Trinajstić information content (AvgIpc) is 3.13. The molecule has 0 amide bonds. The second-order valence-electron chi connectivity index (χ2n) is 7.76. The lowest BCUT2D eigenvalue weighted by molar-refractivity contribution is 0.392. The Hall–Kier alpha value is -3.56. The van der Waals surface area contributed by atoms with Gasteiger partial charge in [0, 0.05) is 18.2 Å². The summed E-state index contributed by atoms with van der Waals surface area (Å²) in [4.78, 5) is 12.6. The largest absolute Gasteiger partial charge is 0.359 e. The number of benzene rings is 2. The summed E-state index contributed by atoms with van der Waals surface area (Å²) in [6, 6.07) is 17.7. The summed E-state index contributed by atoms with van der Waals surface area (Å²) >= 11 is 0. The van der Waals surface area contributed by atoms with Gasteiger partial charge in [-0.15, -0.1) is 0 Å². The van der Waals surface area contributed by atoms with Crippen LogP contribution in [0.4, 0.5) is 0 Å². The maximum absolute atomic E-state index is 13.0. The lowest BCUT2D eigenvalue weighted by Crippen LogP contribution is -2.26. The molecule has 0 unspecified atom stereocenters. The number of hydrogen-bond donors (Lipinski definition) is 1. The molecule has 0 aliphatic heterocycles. The molecule has 0 saturated heterocycles. The van der Waals surface area contributed by atoms with E-state index in [4.69, 9.17) is 4.52 Å². The van der Waals surface area contributed by atoms with Crippen LogP contribution in [0.5, 0.6) is 0 Å². The first-order chi connectivity index (χ1) is 15.8. The van der Waals surface area contributed by atoms with Crippen molar-refractivity contribution in [3.63, 3.8) is 0 Å². The summed E-state index contributed by atoms with van der Waals surface area (Å²) in [5.41, 5.74) is 3.37. The topological polar surface area (TPSA) is 107 Å². The molecule has 170 valence electrons. The van der Waals surface area contributed by atoms with Crippen LogP contribution in [0.2, 0.25) is 0 Å². The Labute approximate surface area is 191 Å². The third kappa shape index (κ3) is 4.79. The monoisotopic (exact) mass is 464 g/mol. The summed E-state index contributed by atoms with van der Waals surface area (Å²) in [5, 5.41) is 8.33.